The number of nitrogens with one attached hydrogen (secondary N) is 2. The fourth-order valence-corrected chi connectivity index (χ4v) is 6.72. The van der Waals surface area contributed by atoms with Crippen molar-refractivity contribution in [2.45, 2.75) is 95.4 Å². The molecule has 3 rings (SSSR count). The molecule has 2 heterocycles. The molecule has 0 saturated carbocycles. The molecule has 10 heteroatoms. The lowest BCUT2D eigenvalue weighted by Crippen LogP contribution is -2.41. The highest BCUT2D eigenvalue weighted by molar-refractivity contribution is 8.00. The van der Waals surface area contributed by atoms with E-state index < -0.39 is 0 Å². The lowest BCUT2D eigenvalue weighted by molar-refractivity contribution is -0.121. The van der Waals surface area contributed by atoms with Gasteiger partial charge in [-0.2, -0.15) is 11.8 Å². The minimum atomic E-state index is -0.302. The van der Waals surface area contributed by atoms with E-state index in [1.807, 2.05) is 36.0 Å². The summed E-state index contributed by atoms with van der Waals surface area (Å²) in [6.07, 6.45) is 6.08. The SMILES string of the molecule is CCCCOCCOCCOCCCNC(=O)CCCCC1SCC2C1NC(=O)N2C(=O)c1ccc(C(C)(C)C)cc1. The van der Waals surface area contributed by atoms with Crippen LogP contribution in [0.4, 0.5) is 4.79 Å². The number of ether oxygens (including phenoxy) is 3. The Balaban J connectivity index is 1.24. The van der Waals surface area contributed by atoms with Crippen molar-refractivity contribution >= 4 is 29.6 Å². The van der Waals surface area contributed by atoms with Gasteiger partial charge in [0, 0.05) is 42.7 Å². The number of unbranched alkanes of at least 4 members (excludes halogenated alkanes) is 2. The minimum absolute atomic E-state index is 0.00201. The molecule has 2 N–H and O–H groups in total. The molecule has 42 heavy (non-hydrogen) atoms. The lowest BCUT2D eigenvalue weighted by Gasteiger charge is -2.22. The fraction of sp³-hybridized carbons (Fsp3) is 0.719. The number of thioether (sulfide) groups is 1. The van der Waals surface area contributed by atoms with Crippen molar-refractivity contribution in [3.8, 4) is 0 Å². The molecule has 0 aromatic heterocycles. The van der Waals surface area contributed by atoms with E-state index in [0.717, 1.165) is 56.4 Å². The molecule has 9 nitrogen and oxygen atoms in total. The second kappa shape index (κ2) is 17.9. The van der Waals surface area contributed by atoms with Crippen LogP contribution in [0.1, 0.15) is 88.6 Å². The highest BCUT2D eigenvalue weighted by Crippen LogP contribution is 2.37. The molecular weight excluding hydrogens is 554 g/mol. The van der Waals surface area contributed by atoms with Crippen LogP contribution in [0.2, 0.25) is 0 Å². The summed E-state index contributed by atoms with van der Waals surface area (Å²) in [4.78, 5) is 39.6. The second-order valence-electron chi connectivity index (χ2n) is 12.1. The van der Waals surface area contributed by atoms with E-state index in [4.69, 9.17) is 14.2 Å². The maximum atomic E-state index is 13.2. The number of hydrogen-bond acceptors (Lipinski definition) is 7. The monoisotopic (exact) mass is 605 g/mol. The molecule has 2 aliphatic heterocycles. The van der Waals surface area contributed by atoms with Crippen LogP contribution in [-0.2, 0) is 24.4 Å². The summed E-state index contributed by atoms with van der Waals surface area (Å²) >= 11 is 1.81. The molecule has 1 aromatic rings. The molecule has 2 aliphatic rings. The number of fused-ring (bicyclic) bond motifs is 1. The molecule has 0 spiro atoms. The van der Waals surface area contributed by atoms with Gasteiger partial charge < -0.3 is 24.8 Å². The van der Waals surface area contributed by atoms with E-state index in [1.165, 1.54) is 4.90 Å². The molecular formula is C32H51N3O6S. The first-order chi connectivity index (χ1) is 20.2. The van der Waals surface area contributed by atoms with Gasteiger partial charge in [-0.3, -0.25) is 14.5 Å². The largest absolute Gasteiger partial charge is 0.379 e. The van der Waals surface area contributed by atoms with Crippen molar-refractivity contribution in [2.24, 2.45) is 0 Å². The first-order valence-corrected chi connectivity index (χ1v) is 16.6. The number of amides is 4. The van der Waals surface area contributed by atoms with Crippen LogP contribution in [0, 0.1) is 0 Å². The van der Waals surface area contributed by atoms with Crippen molar-refractivity contribution in [1.82, 2.24) is 15.5 Å². The third-order valence-electron chi connectivity index (χ3n) is 7.67. The van der Waals surface area contributed by atoms with Gasteiger partial charge in [-0.15, -0.1) is 0 Å². The van der Waals surface area contributed by atoms with Crippen LogP contribution in [-0.4, -0.2) is 92.0 Å². The summed E-state index contributed by atoms with van der Waals surface area (Å²) in [5.74, 6) is 0.560. The highest BCUT2D eigenvalue weighted by Gasteiger charge is 2.50. The maximum absolute atomic E-state index is 13.2. The zero-order valence-corrected chi connectivity index (χ0v) is 26.8. The highest BCUT2D eigenvalue weighted by atomic mass is 32.2. The molecule has 1 aromatic carbocycles. The van der Waals surface area contributed by atoms with Gasteiger partial charge in [0.05, 0.1) is 38.5 Å². The molecule has 2 saturated heterocycles. The van der Waals surface area contributed by atoms with Crippen LogP contribution in [0.15, 0.2) is 24.3 Å². The van der Waals surface area contributed by atoms with Gasteiger partial charge in [0.15, 0.2) is 0 Å². The van der Waals surface area contributed by atoms with Crippen LogP contribution in [0.5, 0.6) is 0 Å². The van der Waals surface area contributed by atoms with Crippen LogP contribution < -0.4 is 10.6 Å². The van der Waals surface area contributed by atoms with Gasteiger partial charge in [-0.05, 0) is 48.8 Å². The van der Waals surface area contributed by atoms with Crippen molar-refractivity contribution in [3.63, 3.8) is 0 Å². The predicted molar refractivity (Wildman–Crippen MR) is 167 cm³/mol. The third kappa shape index (κ3) is 10.8. The van der Waals surface area contributed by atoms with Crippen molar-refractivity contribution in [3.05, 3.63) is 35.4 Å². The van der Waals surface area contributed by atoms with E-state index in [1.54, 1.807) is 0 Å². The van der Waals surface area contributed by atoms with Crippen molar-refractivity contribution in [1.29, 1.82) is 0 Å². The number of nitrogens with zero attached hydrogens (tertiary/aromatic N) is 1. The first-order valence-electron chi connectivity index (χ1n) is 15.6. The van der Waals surface area contributed by atoms with E-state index in [2.05, 4.69) is 38.3 Å². The number of benzene rings is 1. The van der Waals surface area contributed by atoms with Gasteiger partial charge in [0.2, 0.25) is 5.91 Å². The Morgan fingerprint density at radius 3 is 2.24 bits per heavy atom. The summed E-state index contributed by atoms with van der Waals surface area (Å²) in [6.45, 7) is 12.8. The standard InChI is InChI=1S/C32H51N3O6S/c1-5-6-17-39-19-21-41-22-20-40-18-9-16-33-28(36)11-8-7-10-27-29-26(23-42-27)35(31(38)34-29)30(37)24-12-14-25(15-13-24)32(2,3)4/h12-15,26-27,29H,5-11,16-23H2,1-4H3,(H,33,36)(H,34,38). The third-order valence-corrected chi connectivity index (χ3v) is 9.16. The van der Waals surface area contributed by atoms with Crippen LogP contribution >= 0.6 is 11.8 Å². The quantitative estimate of drug-likeness (QED) is 0.170. The fourth-order valence-electron chi connectivity index (χ4n) is 5.13. The first kappa shape index (κ1) is 34.4. The number of carbonyl (C=O) groups excluding carboxylic acids is 3. The van der Waals surface area contributed by atoms with Crippen LogP contribution in [0.3, 0.4) is 0 Å². The molecule has 3 unspecified atom stereocenters. The Bertz CT molecular complexity index is 983. The molecule has 0 bridgehead atoms. The Morgan fingerprint density at radius 2 is 1.60 bits per heavy atom. The Morgan fingerprint density at radius 1 is 0.952 bits per heavy atom. The van der Waals surface area contributed by atoms with Gasteiger partial charge in [0.25, 0.3) is 5.91 Å². The number of urea groups is 1. The Hall–Kier alpha value is -2.14. The minimum Gasteiger partial charge on any atom is -0.379 e. The predicted octanol–water partition coefficient (Wildman–Crippen LogP) is 4.92. The smallest absolute Gasteiger partial charge is 0.325 e. The van der Waals surface area contributed by atoms with E-state index in [9.17, 15) is 14.4 Å². The number of rotatable bonds is 19. The van der Waals surface area contributed by atoms with E-state index in [0.29, 0.717) is 51.6 Å². The average molecular weight is 606 g/mol. The summed E-state index contributed by atoms with van der Waals surface area (Å²) < 4.78 is 16.5. The summed E-state index contributed by atoms with van der Waals surface area (Å²) in [5, 5.41) is 6.27. The molecule has 2 fully saturated rings. The number of carbonyl (C=O) groups is 3. The van der Waals surface area contributed by atoms with Gasteiger partial charge >= 0.3 is 6.03 Å². The molecule has 236 valence electrons. The number of hydrogen-bond donors (Lipinski definition) is 2. The zero-order valence-electron chi connectivity index (χ0n) is 26.0. The molecule has 0 radical (unpaired) electrons. The molecule has 4 amide bonds. The van der Waals surface area contributed by atoms with Crippen LogP contribution in [0.25, 0.3) is 0 Å². The van der Waals surface area contributed by atoms with Crippen molar-refractivity contribution < 1.29 is 28.6 Å². The average Bonchev–Trinajstić information content (AvgIpc) is 3.50. The lowest BCUT2D eigenvalue weighted by atomic mass is 9.86. The molecule has 3 atom stereocenters. The topological polar surface area (TPSA) is 106 Å². The number of imide groups is 1. The zero-order chi connectivity index (χ0) is 30.4. The van der Waals surface area contributed by atoms with Gasteiger partial charge in [0.1, 0.15) is 0 Å². The molecule has 0 aliphatic carbocycles. The van der Waals surface area contributed by atoms with E-state index in [-0.39, 0.29) is 40.6 Å². The Labute approximate surface area is 256 Å². The second-order valence-corrected chi connectivity index (χ2v) is 13.3. The van der Waals surface area contributed by atoms with Crippen molar-refractivity contribution in [2.75, 3.05) is 51.9 Å². The normalized spacial score (nSPS) is 20.0. The maximum Gasteiger partial charge on any atom is 0.325 e. The van der Waals surface area contributed by atoms with E-state index >= 15 is 0 Å². The summed E-state index contributed by atoms with van der Waals surface area (Å²) in [6, 6.07) is 7.11. The Kier molecular flexibility index (Phi) is 14.6. The summed E-state index contributed by atoms with van der Waals surface area (Å²) in [5.41, 5.74) is 1.69. The van der Waals surface area contributed by atoms with Gasteiger partial charge in [-0.1, -0.05) is 52.7 Å². The van der Waals surface area contributed by atoms with Gasteiger partial charge in [-0.25, -0.2) is 4.79 Å². The summed E-state index contributed by atoms with van der Waals surface area (Å²) in [7, 11) is 0.